The van der Waals surface area contributed by atoms with Crippen molar-refractivity contribution in [2.75, 3.05) is 5.32 Å². The van der Waals surface area contributed by atoms with Crippen LogP contribution in [0.2, 0.25) is 0 Å². The molecule has 0 saturated heterocycles. The van der Waals surface area contributed by atoms with Crippen molar-refractivity contribution in [1.82, 2.24) is 24.7 Å². The molecule has 0 aliphatic carbocycles. The van der Waals surface area contributed by atoms with E-state index in [1.54, 1.807) is 41.3 Å². The molecule has 5 rings (SSSR count). The Labute approximate surface area is 177 Å². The topological polar surface area (TPSA) is 77.8 Å². The molecule has 2 aromatic carbocycles. The monoisotopic (exact) mass is 412 g/mol. The van der Waals surface area contributed by atoms with Crippen molar-refractivity contribution in [2.45, 2.75) is 6.54 Å². The summed E-state index contributed by atoms with van der Waals surface area (Å²) in [5, 5.41) is 8.46. The molecule has 5 aromatic rings. The van der Waals surface area contributed by atoms with E-state index in [9.17, 15) is 4.39 Å². The number of hydrogen-bond acceptors (Lipinski definition) is 6. The van der Waals surface area contributed by atoms with E-state index in [0.29, 0.717) is 23.8 Å². The molecule has 0 bridgehead atoms. The van der Waals surface area contributed by atoms with Crippen LogP contribution in [0.5, 0.6) is 11.5 Å². The number of rotatable bonds is 6. The predicted octanol–water partition coefficient (Wildman–Crippen LogP) is 4.75. The first-order valence-electron chi connectivity index (χ1n) is 9.62. The lowest BCUT2D eigenvalue weighted by molar-refractivity contribution is 0.440. The lowest BCUT2D eigenvalue weighted by Crippen LogP contribution is -2.04. The molecule has 0 fully saturated rings. The van der Waals surface area contributed by atoms with Gasteiger partial charge in [0.2, 0.25) is 0 Å². The third kappa shape index (κ3) is 3.91. The van der Waals surface area contributed by atoms with Gasteiger partial charge < -0.3 is 10.1 Å². The van der Waals surface area contributed by atoms with Gasteiger partial charge in [0, 0.05) is 12.7 Å². The van der Waals surface area contributed by atoms with E-state index < -0.39 is 5.82 Å². The molecule has 0 spiro atoms. The van der Waals surface area contributed by atoms with Crippen LogP contribution < -0.4 is 10.1 Å². The van der Waals surface area contributed by atoms with E-state index in [0.717, 1.165) is 16.6 Å². The minimum Gasteiger partial charge on any atom is -0.453 e. The summed E-state index contributed by atoms with van der Waals surface area (Å²) in [7, 11) is 0. The standard InChI is InChI=1S/C23H17FN6O/c24-20-11-16(8-9-21(20)31-18-7-4-10-25-13-18)12-26-22-19-14-29-30(23(19)28-15-27-22)17-5-2-1-3-6-17/h1-11,13-15H,12H2,(H,26,27,28). The Morgan fingerprint density at radius 2 is 1.87 bits per heavy atom. The van der Waals surface area contributed by atoms with E-state index in [1.807, 2.05) is 30.3 Å². The zero-order chi connectivity index (χ0) is 21.0. The first kappa shape index (κ1) is 18.7. The highest BCUT2D eigenvalue weighted by atomic mass is 19.1. The maximum absolute atomic E-state index is 14.5. The largest absolute Gasteiger partial charge is 0.453 e. The van der Waals surface area contributed by atoms with Crippen LogP contribution in [-0.2, 0) is 6.54 Å². The number of para-hydroxylation sites is 1. The summed E-state index contributed by atoms with van der Waals surface area (Å²) < 4.78 is 21.8. The number of aromatic nitrogens is 5. The minimum atomic E-state index is -0.451. The van der Waals surface area contributed by atoms with Gasteiger partial charge in [-0.25, -0.2) is 19.0 Å². The van der Waals surface area contributed by atoms with E-state index in [-0.39, 0.29) is 5.75 Å². The zero-order valence-corrected chi connectivity index (χ0v) is 16.3. The molecule has 152 valence electrons. The van der Waals surface area contributed by atoms with E-state index in [2.05, 4.69) is 25.4 Å². The third-order valence-corrected chi connectivity index (χ3v) is 4.69. The van der Waals surface area contributed by atoms with Gasteiger partial charge in [-0.15, -0.1) is 0 Å². The van der Waals surface area contributed by atoms with Crippen LogP contribution in [-0.4, -0.2) is 24.7 Å². The predicted molar refractivity (Wildman–Crippen MR) is 115 cm³/mol. The third-order valence-electron chi connectivity index (χ3n) is 4.69. The quantitative estimate of drug-likeness (QED) is 0.434. The highest BCUT2D eigenvalue weighted by molar-refractivity contribution is 5.87. The Bertz CT molecular complexity index is 1320. The van der Waals surface area contributed by atoms with Gasteiger partial charge in [-0.2, -0.15) is 5.10 Å². The van der Waals surface area contributed by atoms with Crippen molar-refractivity contribution in [3.8, 4) is 17.2 Å². The summed E-state index contributed by atoms with van der Waals surface area (Å²) in [4.78, 5) is 12.7. The van der Waals surface area contributed by atoms with Crippen LogP contribution in [0.4, 0.5) is 10.2 Å². The number of benzene rings is 2. The van der Waals surface area contributed by atoms with Crippen molar-refractivity contribution in [1.29, 1.82) is 0 Å². The molecule has 3 heterocycles. The summed E-state index contributed by atoms with van der Waals surface area (Å²) in [6, 6.07) is 18.0. The molecule has 7 nitrogen and oxygen atoms in total. The van der Waals surface area contributed by atoms with Crippen molar-refractivity contribution >= 4 is 16.9 Å². The number of halogens is 1. The number of hydrogen-bond donors (Lipinski definition) is 1. The van der Waals surface area contributed by atoms with Crippen LogP contribution in [0, 0.1) is 5.82 Å². The Morgan fingerprint density at radius 1 is 0.968 bits per heavy atom. The smallest absolute Gasteiger partial charge is 0.168 e. The first-order chi connectivity index (χ1) is 15.3. The van der Waals surface area contributed by atoms with Gasteiger partial charge in [-0.3, -0.25) is 4.98 Å². The fourth-order valence-electron chi connectivity index (χ4n) is 3.20. The number of nitrogens with zero attached hydrogens (tertiary/aromatic N) is 5. The maximum Gasteiger partial charge on any atom is 0.168 e. The first-order valence-corrected chi connectivity index (χ1v) is 9.62. The number of nitrogens with one attached hydrogen (secondary N) is 1. The number of fused-ring (bicyclic) bond motifs is 1. The summed E-state index contributed by atoms with van der Waals surface area (Å²) in [6.07, 6.45) is 6.36. The van der Waals surface area contributed by atoms with Crippen LogP contribution in [0.3, 0.4) is 0 Å². The zero-order valence-electron chi connectivity index (χ0n) is 16.3. The van der Waals surface area contributed by atoms with Crippen molar-refractivity contribution in [3.63, 3.8) is 0 Å². The molecular weight excluding hydrogens is 395 g/mol. The molecule has 31 heavy (non-hydrogen) atoms. The Balaban J connectivity index is 1.34. The molecule has 0 saturated carbocycles. The van der Waals surface area contributed by atoms with Crippen LogP contribution in [0.15, 0.2) is 85.6 Å². The van der Waals surface area contributed by atoms with Gasteiger partial charge in [-0.1, -0.05) is 24.3 Å². The van der Waals surface area contributed by atoms with Gasteiger partial charge in [0.25, 0.3) is 0 Å². The van der Waals surface area contributed by atoms with Crippen molar-refractivity contribution in [2.24, 2.45) is 0 Å². The molecule has 0 radical (unpaired) electrons. The molecule has 0 aliphatic rings. The molecule has 0 unspecified atom stereocenters. The van der Waals surface area contributed by atoms with Gasteiger partial charge >= 0.3 is 0 Å². The highest BCUT2D eigenvalue weighted by Gasteiger charge is 2.12. The molecule has 8 heteroatoms. The van der Waals surface area contributed by atoms with E-state index in [4.69, 9.17) is 4.74 Å². The molecule has 0 atom stereocenters. The lowest BCUT2D eigenvalue weighted by Gasteiger charge is -2.10. The highest BCUT2D eigenvalue weighted by Crippen LogP contribution is 2.26. The average molecular weight is 412 g/mol. The molecular formula is C23H17FN6O. The lowest BCUT2D eigenvalue weighted by atomic mass is 10.2. The Morgan fingerprint density at radius 3 is 2.68 bits per heavy atom. The second-order valence-electron chi connectivity index (χ2n) is 6.76. The summed E-state index contributed by atoms with van der Waals surface area (Å²) in [5.74, 6) is 0.799. The minimum absolute atomic E-state index is 0.144. The Hall–Kier alpha value is -4.33. The van der Waals surface area contributed by atoms with Gasteiger partial charge in [0.05, 0.1) is 23.5 Å². The molecule has 0 aliphatic heterocycles. The second-order valence-corrected chi connectivity index (χ2v) is 6.76. The van der Waals surface area contributed by atoms with Gasteiger partial charge in [0.1, 0.15) is 17.9 Å². The van der Waals surface area contributed by atoms with Gasteiger partial charge in [0.15, 0.2) is 17.2 Å². The fourth-order valence-corrected chi connectivity index (χ4v) is 3.20. The molecule has 3 aromatic heterocycles. The molecule has 1 N–H and O–H groups in total. The summed E-state index contributed by atoms with van der Waals surface area (Å²) in [6.45, 7) is 0.382. The van der Waals surface area contributed by atoms with Crippen LogP contribution >= 0.6 is 0 Å². The SMILES string of the molecule is Fc1cc(CNc2ncnc3c2cnn3-c2ccccc2)ccc1Oc1cccnc1. The van der Waals surface area contributed by atoms with Crippen molar-refractivity contribution < 1.29 is 9.13 Å². The fraction of sp³-hybridized carbons (Fsp3) is 0.0435. The normalized spacial score (nSPS) is 10.9. The average Bonchev–Trinajstić information content (AvgIpc) is 3.25. The van der Waals surface area contributed by atoms with E-state index >= 15 is 0 Å². The van der Waals surface area contributed by atoms with Crippen LogP contribution in [0.25, 0.3) is 16.7 Å². The number of ether oxygens (including phenoxy) is 1. The second kappa shape index (κ2) is 8.19. The van der Waals surface area contributed by atoms with Gasteiger partial charge in [-0.05, 0) is 42.0 Å². The Kier molecular flexibility index (Phi) is 4.94. The van der Waals surface area contributed by atoms with Crippen molar-refractivity contribution in [3.05, 3.63) is 97.0 Å². The summed E-state index contributed by atoms with van der Waals surface area (Å²) in [5.41, 5.74) is 2.35. The maximum atomic E-state index is 14.5. The van der Waals surface area contributed by atoms with E-state index in [1.165, 1.54) is 18.6 Å². The van der Waals surface area contributed by atoms with Crippen LogP contribution in [0.1, 0.15) is 5.56 Å². The number of anilines is 1. The molecule has 0 amide bonds. The summed E-state index contributed by atoms with van der Waals surface area (Å²) >= 11 is 0. The number of pyridine rings is 1.